The third kappa shape index (κ3) is 7.24. The molecule has 3 aromatic rings. The lowest BCUT2D eigenvalue weighted by atomic mass is 9.96. The molecule has 2 aromatic carbocycles. The Bertz CT molecular complexity index is 1170. The molecule has 0 radical (unpaired) electrons. The first-order valence-electron chi connectivity index (χ1n) is 11.2. The van der Waals surface area contributed by atoms with Crippen LogP contribution in [0.15, 0.2) is 53.9 Å². The highest BCUT2D eigenvalue weighted by Crippen LogP contribution is 2.34. The van der Waals surface area contributed by atoms with Gasteiger partial charge in [0.25, 0.3) is 5.91 Å². The maximum atomic E-state index is 12.8. The summed E-state index contributed by atoms with van der Waals surface area (Å²) in [5.74, 6) is -0.0913. The molecule has 1 aliphatic heterocycles. The Hall–Kier alpha value is -3.01. The van der Waals surface area contributed by atoms with Gasteiger partial charge in [0, 0.05) is 18.5 Å². The summed E-state index contributed by atoms with van der Waals surface area (Å²) < 4.78 is 43.5. The third-order valence-corrected chi connectivity index (χ3v) is 6.19. The summed E-state index contributed by atoms with van der Waals surface area (Å²) in [5.41, 5.74) is 10.1. The summed E-state index contributed by atoms with van der Waals surface area (Å²) in [6, 6.07) is 11.0. The first-order valence-corrected chi connectivity index (χ1v) is 12.1. The van der Waals surface area contributed by atoms with Crippen LogP contribution in [-0.2, 0) is 17.5 Å². The van der Waals surface area contributed by atoms with E-state index < -0.39 is 11.7 Å². The fraction of sp³-hybridized carbons (Fsp3) is 0.308. The highest BCUT2D eigenvalue weighted by Gasteiger charge is 2.31. The number of nitrogens with one attached hydrogen (secondary N) is 1. The Balaban J connectivity index is 0.000000198. The minimum absolute atomic E-state index is 0.0913. The van der Waals surface area contributed by atoms with Crippen LogP contribution in [-0.4, -0.2) is 30.6 Å². The van der Waals surface area contributed by atoms with E-state index in [-0.39, 0.29) is 12.5 Å². The van der Waals surface area contributed by atoms with Gasteiger partial charge in [-0.1, -0.05) is 42.0 Å². The number of rotatable bonds is 5. The first kappa shape index (κ1) is 26.6. The lowest BCUT2D eigenvalue weighted by Crippen LogP contribution is -2.22. The van der Waals surface area contributed by atoms with Gasteiger partial charge in [-0.15, -0.1) is 11.3 Å². The number of carbonyl (C=O) groups is 1. The number of aryl methyl sites for hydroxylation is 1. The molecule has 0 spiro atoms. The topological polar surface area (TPSA) is 77.2 Å². The van der Waals surface area contributed by atoms with Crippen LogP contribution >= 0.6 is 11.3 Å². The number of ether oxygens (including phenoxy) is 1. The molecule has 9 heteroatoms. The molecular weight excluding hydrogens is 475 g/mol. The quantitative estimate of drug-likeness (QED) is 0.459. The van der Waals surface area contributed by atoms with E-state index in [2.05, 4.69) is 10.3 Å². The number of benzene rings is 2. The van der Waals surface area contributed by atoms with Crippen LogP contribution in [0.5, 0.6) is 0 Å². The van der Waals surface area contributed by atoms with E-state index in [9.17, 15) is 18.0 Å². The normalized spacial score (nSPS) is 13.5. The van der Waals surface area contributed by atoms with E-state index in [1.54, 1.807) is 0 Å². The van der Waals surface area contributed by atoms with Gasteiger partial charge in [-0.3, -0.25) is 4.79 Å². The highest BCUT2D eigenvalue weighted by atomic mass is 32.1. The van der Waals surface area contributed by atoms with Crippen LogP contribution in [0.4, 0.5) is 13.2 Å². The van der Waals surface area contributed by atoms with Gasteiger partial charge < -0.3 is 15.8 Å². The Morgan fingerprint density at radius 1 is 1.20 bits per heavy atom. The number of hydrogen-bond acceptors (Lipinski definition) is 5. The smallest absolute Gasteiger partial charge is 0.377 e. The number of nitrogens with two attached hydrogens (primary N) is 1. The molecule has 0 saturated carbocycles. The van der Waals surface area contributed by atoms with Crippen molar-refractivity contribution in [2.24, 2.45) is 5.73 Å². The Kier molecular flexibility index (Phi) is 9.20. The van der Waals surface area contributed by atoms with E-state index in [0.717, 1.165) is 42.0 Å². The predicted molar refractivity (Wildman–Crippen MR) is 133 cm³/mol. The lowest BCUT2D eigenvalue weighted by Gasteiger charge is -2.13. The van der Waals surface area contributed by atoms with Crippen molar-refractivity contribution in [2.45, 2.75) is 33.0 Å². The largest absolute Gasteiger partial charge is 0.416 e. The number of aromatic nitrogens is 1. The molecule has 4 rings (SSSR count). The van der Waals surface area contributed by atoms with Gasteiger partial charge in [-0.05, 0) is 54.7 Å². The molecule has 1 amide bonds. The molecule has 0 unspecified atom stereocenters. The molecular formula is C26H28F3N3O2S. The number of halogens is 3. The van der Waals surface area contributed by atoms with Crippen LogP contribution in [0, 0.1) is 6.92 Å². The molecule has 186 valence electrons. The molecule has 0 fully saturated rings. The fourth-order valence-corrected chi connectivity index (χ4v) is 4.21. The fourth-order valence-electron chi connectivity index (χ4n) is 3.45. The Morgan fingerprint density at radius 3 is 2.54 bits per heavy atom. The summed E-state index contributed by atoms with van der Waals surface area (Å²) in [6.45, 7) is 6.04. The molecule has 1 aromatic heterocycles. The van der Waals surface area contributed by atoms with Crippen LogP contribution < -0.4 is 11.1 Å². The lowest BCUT2D eigenvalue weighted by molar-refractivity contribution is -0.137. The maximum absolute atomic E-state index is 12.8. The molecule has 1 aliphatic rings. The zero-order chi connectivity index (χ0) is 25.4. The monoisotopic (exact) mass is 503 g/mol. The average molecular weight is 504 g/mol. The van der Waals surface area contributed by atoms with Crippen LogP contribution in [0.1, 0.15) is 45.5 Å². The van der Waals surface area contributed by atoms with Gasteiger partial charge in [-0.2, -0.15) is 13.2 Å². The van der Waals surface area contributed by atoms with Crippen LogP contribution in [0.2, 0.25) is 0 Å². The Morgan fingerprint density at radius 2 is 1.94 bits per heavy atom. The molecule has 3 N–H and O–H groups in total. The van der Waals surface area contributed by atoms with Gasteiger partial charge in [0.2, 0.25) is 0 Å². The summed E-state index contributed by atoms with van der Waals surface area (Å²) in [7, 11) is 0. The summed E-state index contributed by atoms with van der Waals surface area (Å²) >= 11 is 1.39. The molecule has 0 aliphatic carbocycles. The van der Waals surface area contributed by atoms with E-state index in [4.69, 9.17) is 10.5 Å². The second kappa shape index (κ2) is 12.1. The third-order valence-electron chi connectivity index (χ3n) is 5.35. The molecule has 5 nitrogen and oxygen atoms in total. The van der Waals surface area contributed by atoms with Gasteiger partial charge in [0.1, 0.15) is 0 Å². The van der Waals surface area contributed by atoms with Crippen molar-refractivity contribution in [1.82, 2.24) is 10.3 Å². The van der Waals surface area contributed by atoms with Crippen LogP contribution in [0.25, 0.3) is 16.7 Å². The van der Waals surface area contributed by atoms with Crippen molar-refractivity contribution in [3.05, 3.63) is 81.3 Å². The second-order valence-electron chi connectivity index (χ2n) is 7.89. The van der Waals surface area contributed by atoms with Gasteiger partial charge >= 0.3 is 6.18 Å². The van der Waals surface area contributed by atoms with E-state index >= 15 is 0 Å². The molecule has 0 atom stereocenters. The second-order valence-corrected chi connectivity index (χ2v) is 8.75. The summed E-state index contributed by atoms with van der Waals surface area (Å²) in [4.78, 5) is 15.9. The SMILES string of the molecule is CCNC(=O)c1nc(C2=CCOCC2)cs1.Cc1ccc(-c2cc(C(F)(F)F)ccc2CN)cc1. The van der Waals surface area contributed by atoms with E-state index in [0.29, 0.717) is 29.3 Å². The van der Waals surface area contributed by atoms with Crippen molar-refractivity contribution < 1.29 is 22.7 Å². The molecule has 35 heavy (non-hydrogen) atoms. The molecule has 0 saturated heterocycles. The van der Waals surface area contributed by atoms with E-state index in [1.807, 2.05) is 49.6 Å². The zero-order valence-electron chi connectivity index (χ0n) is 19.6. The number of nitrogens with zero attached hydrogens (tertiary/aromatic N) is 1. The van der Waals surface area contributed by atoms with Crippen LogP contribution in [0.3, 0.4) is 0 Å². The minimum atomic E-state index is -4.34. The summed E-state index contributed by atoms with van der Waals surface area (Å²) in [5, 5.41) is 5.21. The maximum Gasteiger partial charge on any atom is 0.416 e. The van der Waals surface area contributed by atoms with Crippen molar-refractivity contribution in [2.75, 3.05) is 19.8 Å². The van der Waals surface area contributed by atoms with Gasteiger partial charge in [0.05, 0.1) is 24.5 Å². The van der Waals surface area contributed by atoms with E-state index in [1.165, 1.54) is 23.0 Å². The summed E-state index contributed by atoms with van der Waals surface area (Å²) in [6.07, 6.45) is -1.44. The zero-order valence-corrected chi connectivity index (χ0v) is 20.4. The first-order chi connectivity index (χ1) is 16.7. The van der Waals surface area contributed by atoms with Crippen molar-refractivity contribution >= 4 is 22.8 Å². The molecule has 2 heterocycles. The standard InChI is InChI=1S/C15H14F3N.C11H14N2O2S/c1-10-2-4-11(5-3-10)14-8-13(15(16,17)18)7-6-12(14)9-19;1-2-12-10(14)11-13-9(7-16-11)8-3-5-15-6-4-8/h2-8H,9,19H2,1H3;3,7H,2,4-6H2,1H3,(H,12,14). The minimum Gasteiger partial charge on any atom is -0.377 e. The van der Waals surface area contributed by atoms with Gasteiger partial charge in [0.15, 0.2) is 5.01 Å². The number of carbonyl (C=O) groups excluding carboxylic acids is 1. The Labute approximate surface area is 206 Å². The molecule has 0 bridgehead atoms. The van der Waals surface area contributed by atoms with Crippen molar-refractivity contribution in [1.29, 1.82) is 0 Å². The predicted octanol–water partition coefficient (Wildman–Crippen LogP) is 5.84. The van der Waals surface area contributed by atoms with Gasteiger partial charge in [-0.25, -0.2) is 4.98 Å². The van der Waals surface area contributed by atoms with Crippen molar-refractivity contribution in [3.63, 3.8) is 0 Å². The number of alkyl halides is 3. The number of amides is 1. The number of thiazole rings is 1. The number of hydrogen-bond donors (Lipinski definition) is 2. The average Bonchev–Trinajstić information content (AvgIpc) is 3.35. The van der Waals surface area contributed by atoms with Crippen molar-refractivity contribution in [3.8, 4) is 11.1 Å². The highest BCUT2D eigenvalue weighted by molar-refractivity contribution is 7.11.